The maximum absolute atomic E-state index is 11.7. The lowest BCUT2D eigenvalue weighted by Gasteiger charge is -2.32. The number of nitrogens with zero attached hydrogens (tertiary/aromatic N) is 5. The molecule has 3 aromatic heterocycles. The average Bonchev–Trinajstić information content (AvgIpc) is 3.54. The van der Waals surface area contributed by atoms with Crippen LogP contribution in [0.3, 0.4) is 0 Å². The van der Waals surface area contributed by atoms with E-state index in [1.165, 1.54) is 19.3 Å². The van der Waals surface area contributed by atoms with Crippen molar-refractivity contribution in [3.05, 3.63) is 46.4 Å². The van der Waals surface area contributed by atoms with Gasteiger partial charge in [-0.2, -0.15) is 4.98 Å². The van der Waals surface area contributed by atoms with Gasteiger partial charge in [-0.3, -0.25) is 9.51 Å². The monoisotopic (exact) mass is 556 g/mol. The summed E-state index contributed by atoms with van der Waals surface area (Å²) in [5.41, 5.74) is 2.19. The van der Waals surface area contributed by atoms with Crippen LogP contribution in [-0.2, 0) is 6.54 Å². The minimum Gasteiger partial charge on any atom is -0.394 e. The Kier molecular flexibility index (Phi) is 7.74. The van der Waals surface area contributed by atoms with Crippen molar-refractivity contribution in [3.63, 3.8) is 0 Å². The molecule has 41 heavy (non-hydrogen) atoms. The van der Waals surface area contributed by atoms with Crippen molar-refractivity contribution in [1.29, 1.82) is 0 Å². The van der Waals surface area contributed by atoms with Crippen LogP contribution in [0, 0.1) is 30.1 Å². The van der Waals surface area contributed by atoms with Crippen molar-refractivity contribution >= 4 is 22.9 Å². The first kappa shape index (κ1) is 27.0. The number of rotatable bonds is 10. The molecular weight excluding hydrogens is 520 g/mol. The van der Waals surface area contributed by atoms with Gasteiger partial charge in [0.2, 0.25) is 17.6 Å². The molecule has 0 aliphatic heterocycles. The van der Waals surface area contributed by atoms with Crippen molar-refractivity contribution < 1.29 is 9.63 Å². The third-order valence-corrected chi connectivity index (χ3v) is 8.69. The van der Waals surface area contributed by atoms with Gasteiger partial charge in [0.1, 0.15) is 5.52 Å². The zero-order valence-corrected chi connectivity index (χ0v) is 23.2. The molecule has 0 amide bonds. The Hall–Kier alpha value is -4.17. The zero-order valence-electron chi connectivity index (χ0n) is 23.2. The number of anilines is 2. The van der Waals surface area contributed by atoms with Crippen LogP contribution in [0.1, 0.15) is 63.5 Å². The molecule has 0 radical (unpaired) electrons. The summed E-state index contributed by atoms with van der Waals surface area (Å²) in [6, 6.07) is 9.63. The first-order valence-corrected chi connectivity index (χ1v) is 14.5. The number of hydrogen-bond donors (Lipinski definition) is 4. The Balaban J connectivity index is 1.45. The summed E-state index contributed by atoms with van der Waals surface area (Å²) < 4.78 is 6.88. The first-order valence-electron chi connectivity index (χ1n) is 14.5. The van der Waals surface area contributed by atoms with Crippen LogP contribution in [0.15, 0.2) is 39.6 Å². The van der Waals surface area contributed by atoms with E-state index in [2.05, 4.69) is 38.2 Å². The molecule has 4 N–H and O–H groups in total. The molecule has 2 aliphatic carbocycles. The van der Waals surface area contributed by atoms with Gasteiger partial charge < -0.3 is 20.3 Å². The molecule has 214 valence electrons. The van der Waals surface area contributed by atoms with Crippen molar-refractivity contribution in [2.45, 2.75) is 70.5 Å². The molecule has 0 saturated heterocycles. The maximum atomic E-state index is 11.7. The molecule has 11 heteroatoms. The number of fused-ring (bicyclic) bond motifs is 1. The van der Waals surface area contributed by atoms with Crippen LogP contribution in [0.5, 0.6) is 0 Å². The van der Waals surface area contributed by atoms with E-state index in [1.54, 1.807) is 0 Å². The fraction of sp³-hybridized carbons (Fsp3) is 0.500. The highest BCUT2D eigenvalue weighted by molar-refractivity contribution is 5.87. The number of nitrogens with one attached hydrogen (secondary N) is 3. The number of aliphatic hydroxyl groups excluding tert-OH is 1. The number of aliphatic hydroxyl groups is 1. The highest BCUT2D eigenvalue weighted by Gasteiger charge is 2.29. The predicted molar refractivity (Wildman–Crippen MR) is 156 cm³/mol. The topological polar surface area (TPSA) is 147 Å². The van der Waals surface area contributed by atoms with E-state index in [0.717, 1.165) is 36.8 Å². The largest absolute Gasteiger partial charge is 0.439 e. The number of hydrogen-bond acceptors (Lipinski definition) is 9. The molecule has 0 spiro atoms. The van der Waals surface area contributed by atoms with Crippen LogP contribution in [0.2, 0.25) is 0 Å². The van der Waals surface area contributed by atoms with Crippen molar-refractivity contribution in [2.75, 3.05) is 17.2 Å². The number of benzene rings is 1. The third kappa shape index (κ3) is 5.70. The number of imidazole rings is 1. The Labute approximate surface area is 238 Å². The normalized spacial score (nSPS) is 20.7. The summed E-state index contributed by atoms with van der Waals surface area (Å²) in [5, 5.41) is 21.3. The van der Waals surface area contributed by atoms with Gasteiger partial charge >= 0.3 is 5.76 Å². The summed E-state index contributed by atoms with van der Waals surface area (Å²) in [7, 11) is 0. The summed E-state index contributed by atoms with van der Waals surface area (Å²) >= 11 is 0. The molecule has 2 saturated carbocycles. The van der Waals surface area contributed by atoms with E-state index in [-0.39, 0.29) is 30.3 Å². The van der Waals surface area contributed by atoms with Gasteiger partial charge in [-0.1, -0.05) is 41.9 Å². The standard InChI is InChI=1S/C30H36N8O3/c1-3-19-12-14-20(15-13-19)16-38-24-25(31-18(2)21-10-7-11-21)33-27(28-36-30(40)41-37-28)34-26(24)35-29(38)32-23(17-39)22-8-5-4-6-9-22/h1,4-6,8-9,18-21,23,39H,7,10-17H2,2H3,(H,36,37,40)(H2,31,32,33,34,35)/t18-,19?,20?,23?/m1/s1. The van der Waals surface area contributed by atoms with Crippen LogP contribution in [0.4, 0.5) is 11.8 Å². The highest BCUT2D eigenvalue weighted by atomic mass is 16.5. The molecule has 11 nitrogen and oxygen atoms in total. The van der Waals surface area contributed by atoms with Crippen molar-refractivity contribution in [3.8, 4) is 24.0 Å². The van der Waals surface area contributed by atoms with Gasteiger partial charge in [-0.25, -0.2) is 14.8 Å². The second-order valence-corrected chi connectivity index (χ2v) is 11.4. The molecule has 2 fully saturated rings. The second kappa shape index (κ2) is 11.7. The molecule has 2 atom stereocenters. The predicted octanol–water partition coefficient (Wildman–Crippen LogP) is 4.36. The highest BCUT2D eigenvalue weighted by Crippen LogP contribution is 2.36. The number of H-pyrrole nitrogens is 1. The molecule has 2 aliphatic rings. The van der Waals surface area contributed by atoms with Gasteiger partial charge in [-0.15, -0.1) is 12.3 Å². The molecular formula is C30H36N8O3. The van der Waals surface area contributed by atoms with Crippen LogP contribution >= 0.6 is 0 Å². The lowest BCUT2D eigenvalue weighted by Crippen LogP contribution is -2.31. The van der Waals surface area contributed by atoms with E-state index in [1.807, 2.05) is 30.3 Å². The zero-order chi connectivity index (χ0) is 28.3. The van der Waals surface area contributed by atoms with Crippen molar-refractivity contribution in [1.82, 2.24) is 29.7 Å². The summed E-state index contributed by atoms with van der Waals surface area (Å²) in [6.07, 6.45) is 13.4. The Morgan fingerprint density at radius 1 is 1.12 bits per heavy atom. The molecule has 4 aromatic rings. The first-order chi connectivity index (χ1) is 20.0. The lowest BCUT2D eigenvalue weighted by molar-refractivity contribution is 0.273. The number of aromatic nitrogens is 6. The number of aromatic amines is 1. The van der Waals surface area contributed by atoms with Crippen LogP contribution < -0.4 is 16.4 Å². The number of terminal acetylenes is 1. The van der Waals surface area contributed by atoms with Crippen LogP contribution in [-0.4, -0.2) is 47.4 Å². The fourth-order valence-electron chi connectivity index (χ4n) is 5.98. The van der Waals surface area contributed by atoms with Gasteiger partial charge in [0.15, 0.2) is 11.5 Å². The Bertz CT molecular complexity index is 1570. The second-order valence-electron chi connectivity index (χ2n) is 11.4. The molecule has 3 heterocycles. The minimum atomic E-state index is -0.676. The Morgan fingerprint density at radius 2 is 1.90 bits per heavy atom. The van der Waals surface area contributed by atoms with Gasteiger partial charge in [0.05, 0.1) is 12.6 Å². The summed E-state index contributed by atoms with van der Waals surface area (Å²) in [5.74, 6) is 5.14. The van der Waals surface area contributed by atoms with E-state index < -0.39 is 5.76 Å². The maximum Gasteiger partial charge on any atom is 0.439 e. The Morgan fingerprint density at radius 3 is 2.54 bits per heavy atom. The minimum absolute atomic E-state index is 0.110. The lowest BCUT2D eigenvalue weighted by atomic mass is 9.80. The van der Waals surface area contributed by atoms with E-state index in [9.17, 15) is 9.90 Å². The molecule has 1 unspecified atom stereocenters. The van der Waals surface area contributed by atoms with Crippen molar-refractivity contribution in [2.24, 2.45) is 17.8 Å². The van der Waals surface area contributed by atoms with E-state index in [4.69, 9.17) is 25.9 Å². The molecule has 6 rings (SSSR count). The average molecular weight is 557 g/mol. The third-order valence-electron chi connectivity index (χ3n) is 8.69. The van der Waals surface area contributed by atoms with Crippen LogP contribution in [0.25, 0.3) is 22.8 Å². The summed E-state index contributed by atoms with van der Waals surface area (Å²) in [4.78, 5) is 28.7. The van der Waals surface area contributed by atoms with E-state index >= 15 is 0 Å². The van der Waals surface area contributed by atoms with E-state index in [0.29, 0.717) is 41.7 Å². The molecule has 0 bridgehead atoms. The SMILES string of the molecule is C#CC1CCC(Cn2c(NC(CO)c3ccccc3)nc3nc(-c4noc(=O)[nH]4)nc(N[C@H](C)C4CCC4)c32)CC1. The summed E-state index contributed by atoms with van der Waals surface area (Å²) in [6.45, 7) is 2.77. The quantitative estimate of drug-likeness (QED) is 0.209. The molecule has 1 aromatic carbocycles. The van der Waals surface area contributed by atoms with Gasteiger partial charge in [0, 0.05) is 18.5 Å². The smallest absolute Gasteiger partial charge is 0.394 e. The van der Waals surface area contributed by atoms with Gasteiger partial charge in [-0.05, 0) is 62.8 Å². The van der Waals surface area contributed by atoms with Gasteiger partial charge in [0.25, 0.3) is 0 Å². The fourth-order valence-corrected chi connectivity index (χ4v) is 5.98.